The minimum atomic E-state index is -5.06. The maximum Gasteiger partial charge on any atom is 0.296 e. The van der Waals surface area contributed by atoms with Gasteiger partial charge in [-0.3, -0.25) is 34.1 Å². The number of nitrogen functional groups attached to an aromatic ring is 2. The summed E-state index contributed by atoms with van der Waals surface area (Å²) in [4.78, 5) is 23.9. The van der Waals surface area contributed by atoms with Crippen LogP contribution in [0.4, 0.5) is 34.1 Å². The van der Waals surface area contributed by atoms with Crippen molar-refractivity contribution in [2.45, 2.75) is 4.90 Å². The summed E-state index contributed by atoms with van der Waals surface area (Å²) >= 11 is 0. The lowest BCUT2D eigenvalue weighted by Gasteiger charge is -2.18. The van der Waals surface area contributed by atoms with Crippen molar-refractivity contribution in [3.05, 3.63) is 111 Å². The van der Waals surface area contributed by atoms with Crippen LogP contribution in [0.15, 0.2) is 114 Å². The molecule has 0 aromatic heterocycles. The van der Waals surface area contributed by atoms with Crippen molar-refractivity contribution < 1.29 is 48.5 Å². The van der Waals surface area contributed by atoms with E-state index >= 15 is 0 Å². The third kappa shape index (κ3) is 7.82. The molecule has 54 heavy (non-hydrogen) atoms. The molecule has 0 spiro atoms. The molecular weight excluding hydrogens is 769 g/mol. The van der Waals surface area contributed by atoms with Gasteiger partial charge in [-0.15, -0.1) is 0 Å². The van der Waals surface area contributed by atoms with E-state index in [2.05, 4.69) is 31.3 Å². The highest BCUT2D eigenvalue weighted by atomic mass is 32.2. The summed E-state index contributed by atoms with van der Waals surface area (Å²) in [6.07, 6.45) is 1.89. The number of nitrogens with one attached hydrogen (secondary N) is 2. The Morgan fingerprint density at radius 3 is 1.52 bits per heavy atom. The molecule has 0 fully saturated rings. The van der Waals surface area contributed by atoms with Crippen molar-refractivity contribution in [2.75, 3.05) is 22.3 Å². The van der Waals surface area contributed by atoms with Crippen LogP contribution in [0.3, 0.4) is 0 Å². The number of nitrogens with zero attached hydrogens (tertiary/aromatic N) is 4. The lowest BCUT2D eigenvalue weighted by molar-refractivity contribution is 0.105. The van der Waals surface area contributed by atoms with Crippen LogP contribution in [0.1, 0.15) is 31.8 Å². The Morgan fingerprint density at radius 1 is 0.556 bits per heavy atom. The zero-order valence-corrected chi connectivity index (χ0v) is 29.4. The molecule has 2 aliphatic carbocycles. The quantitative estimate of drug-likeness (QED) is 0.0538. The van der Waals surface area contributed by atoms with E-state index in [4.69, 9.17) is 11.5 Å². The number of carbonyl (C=O) groups excluding carboxylic acids is 2. The number of nitrogens with two attached hydrogens (primary N) is 2. The smallest absolute Gasteiger partial charge is 0.296 e. The first-order chi connectivity index (χ1) is 25.3. The Morgan fingerprint density at radius 2 is 1.04 bits per heavy atom. The number of allylic oxidation sites excluding steroid dienone is 2. The number of hydrogen-bond donors (Lipinski definition) is 7. The van der Waals surface area contributed by atoms with Gasteiger partial charge in [0.1, 0.15) is 9.81 Å². The largest absolute Gasteiger partial charge is 0.399 e. The molecule has 0 atom stereocenters. The average Bonchev–Trinajstić information content (AvgIpc) is 3.09. The van der Waals surface area contributed by atoms with Crippen LogP contribution >= 0.6 is 0 Å². The molecule has 9 N–H and O–H groups in total. The van der Waals surface area contributed by atoms with Gasteiger partial charge >= 0.3 is 0 Å². The molecule has 276 valence electrons. The summed E-state index contributed by atoms with van der Waals surface area (Å²) in [6.45, 7) is 0. The van der Waals surface area contributed by atoms with Crippen molar-refractivity contribution >= 4 is 99.6 Å². The molecule has 22 heteroatoms. The van der Waals surface area contributed by atoms with Crippen LogP contribution in [0.5, 0.6) is 0 Å². The Balaban J connectivity index is 1.15. The van der Waals surface area contributed by atoms with Crippen molar-refractivity contribution in [1.82, 2.24) is 0 Å². The summed E-state index contributed by atoms with van der Waals surface area (Å²) in [7, 11) is -14.7. The number of azo groups is 1. The third-order valence-corrected chi connectivity index (χ3v) is 10.2. The summed E-state index contributed by atoms with van der Waals surface area (Å²) in [6, 6.07) is 18.0. The summed E-state index contributed by atoms with van der Waals surface area (Å²) in [5.74, 6) is -1.80. The molecule has 0 radical (unpaired) electrons. The van der Waals surface area contributed by atoms with Crippen LogP contribution in [0, 0.1) is 0 Å². The molecular formula is C32H24N8O11S3. The number of anilines is 4. The van der Waals surface area contributed by atoms with Crippen LogP contribution < -0.4 is 22.3 Å². The molecule has 0 bridgehead atoms. The highest BCUT2D eigenvalue weighted by Crippen LogP contribution is 2.33. The fourth-order valence-corrected chi connectivity index (χ4v) is 7.02. The van der Waals surface area contributed by atoms with Gasteiger partial charge in [-0.05, 0) is 102 Å². The van der Waals surface area contributed by atoms with E-state index < -0.39 is 73.7 Å². The number of rotatable bonds is 9. The number of hydrogen-bond acceptors (Lipinski definition) is 16. The van der Waals surface area contributed by atoms with E-state index in [0.29, 0.717) is 17.1 Å². The zero-order valence-electron chi connectivity index (χ0n) is 26.9. The van der Waals surface area contributed by atoms with Crippen molar-refractivity contribution in [3.8, 4) is 0 Å². The fraction of sp³-hybridized carbons (Fsp3) is 0. The van der Waals surface area contributed by atoms with E-state index in [1.165, 1.54) is 66.7 Å². The van der Waals surface area contributed by atoms with Gasteiger partial charge in [0, 0.05) is 16.9 Å². The predicted molar refractivity (Wildman–Crippen MR) is 198 cm³/mol. The maximum absolute atomic E-state index is 13.2. The molecule has 19 nitrogen and oxygen atoms in total. The first-order valence-corrected chi connectivity index (χ1v) is 19.2. The van der Waals surface area contributed by atoms with Crippen molar-refractivity contribution in [3.63, 3.8) is 0 Å². The minimum absolute atomic E-state index is 0.144. The molecule has 0 unspecified atom stereocenters. The second-order valence-corrected chi connectivity index (χ2v) is 15.6. The van der Waals surface area contributed by atoms with Crippen LogP contribution in [-0.4, -0.2) is 61.9 Å². The Labute approximate surface area is 305 Å². The van der Waals surface area contributed by atoms with Crippen molar-refractivity contribution in [2.24, 2.45) is 20.4 Å². The molecule has 4 aromatic carbocycles. The molecule has 0 heterocycles. The number of Topliss-reactive ketones (excluding diaryl/α,β-unsaturated/α-hetero) is 2. The van der Waals surface area contributed by atoms with E-state index in [0.717, 1.165) is 24.3 Å². The number of fused-ring (bicyclic) bond motifs is 2. The first-order valence-electron chi connectivity index (χ1n) is 14.9. The molecule has 0 saturated carbocycles. The lowest BCUT2D eigenvalue weighted by Crippen LogP contribution is -2.28. The van der Waals surface area contributed by atoms with Crippen LogP contribution in [0.2, 0.25) is 0 Å². The van der Waals surface area contributed by atoms with Gasteiger partial charge in [-0.1, -0.05) is 0 Å². The van der Waals surface area contributed by atoms with E-state index in [1.54, 1.807) is 0 Å². The van der Waals surface area contributed by atoms with E-state index in [-0.39, 0.29) is 33.6 Å². The minimum Gasteiger partial charge on any atom is -0.399 e. The van der Waals surface area contributed by atoms with E-state index in [9.17, 15) is 48.5 Å². The van der Waals surface area contributed by atoms with Gasteiger partial charge in [0.15, 0.2) is 11.4 Å². The molecule has 0 amide bonds. The van der Waals surface area contributed by atoms with Gasteiger partial charge in [0.2, 0.25) is 11.6 Å². The SMILES string of the molecule is Nc1ccc2c(c1)C=C(S(=O)(=O)O)/C(=N/Nc1ccc(N=Nc3ccc(N/N=C4\C(=O)c5c(N)cc(S(=O)(=O)O)cc5C=C4S(=O)(=O)O)cc3)cc1)C2=O. The predicted octanol–water partition coefficient (Wildman–Crippen LogP) is 4.30. The molecule has 0 aliphatic heterocycles. The first kappa shape index (κ1) is 37.3. The summed E-state index contributed by atoms with van der Waals surface area (Å²) in [5, 5.41) is 16.0. The highest BCUT2D eigenvalue weighted by molar-refractivity contribution is 7.91. The second kappa shape index (κ2) is 13.8. The van der Waals surface area contributed by atoms with E-state index in [1.807, 2.05) is 0 Å². The Hall–Kier alpha value is -6.43. The number of ketones is 2. The summed E-state index contributed by atoms with van der Waals surface area (Å²) < 4.78 is 100. The average molecular weight is 793 g/mol. The Bertz CT molecular complexity index is 2780. The lowest BCUT2D eigenvalue weighted by atomic mass is 9.93. The molecule has 2 aliphatic rings. The number of carbonyl (C=O) groups is 2. The van der Waals surface area contributed by atoms with Crippen molar-refractivity contribution in [1.29, 1.82) is 0 Å². The van der Waals surface area contributed by atoms with Crippen LogP contribution in [0.25, 0.3) is 12.2 Å². The maximum atomic E-state index is 13.2. The van der Waals surface area contributed by atoms with Gasteiger partial charge in [-0.2, -0.15) is 45.7 Å². The number of benzene rings is 4. The highest BCUT2D eigenvalue weighted by Gasteiger charge is 2.35. The fourth-order valence-electron chi connectivity index (χ4n) is 5.15. The van der Waals surface area contributed by atoms with Gasteiger partial charge < -0.3 is 11.5 Å². The summed E-state index contributed by atoms with van der Waals surface area (Å²) in [5.41, 5.74) is 16.4. The Kier molecular flexibility index (Phi) is 9.57. The third-order valence-electron chi connectivity index (χ3n) is 7.65. The normalized spacial score (nSPS) is 16.2. The van der Waals surface area contributed by atoms with Gasteiger partial charge in [0.05, 0.1) is 33.2 Å². The zero-order chi connectivity index (χ0) is 39.2. The topological polar surface area (TPSA) is 323 Å². The monoisotopic (exact) mass is 792 g/mol. The second-order valence-electron chi connectivity index (χ2n) is 11.4. The molecule has 0 saturated heterocycles. The molecule has 6 rings (SSSR count). The van der Waals surface area contributed by atoms with Gasteiger partial charge in [0.25, 0.3) is 30.4 Å². The van der Waals surface area contributed by atoms with Gasteiger partial charge in [-0.25, -0.2) is 0 Å². The van der Waals surface area contributed by atoms with Crippen LogP contribution in [-0.2, 0) is 30.4 Å². The molecule has 4 aromatic rings. The number of hydrazone groups is 2. The standard InChI is InChI=1S/C32H24N8O11S3/c33-18-1-10-24-16(11-18)13-26(53(46,47)48)29(31(24)41)39-37-21-6-2-19(3-7-21)35-36-20-4-8-22(9-5-20)38-40-30-27(54(49,50)51)14-17-12-23(52(43,44)45)15-25(34)28(17)32(30)42/h1-15,37-38H,33-34H2,(H,43,44,45)(H,46,47,48)(H,49,50,51)/b36-35?,39-29-,40-30-.